The van der Waals surface area contributed by atoms with Crippen molar-refractivity contribution in [3.63, 3.8) is 0 Å². The largest absolute Gasteiger partial charge is 0.494 e. The van der Waals surface area contributed by atoms with Crippen LogP contribution in [0.25, 0.3) is 0 Å². The number of carbonyl (C=O) groups is 2. The molecule has 2 aromatic rings. The molecular formula is C19H22ClN3O5S2. The molecule has 30 heavy (non-hydrogen) atoms. The minimum absolute atomic E-state index is 0.0166. The second-order valence-corrected chi connectivity index (χ2v) is 10.3. The molecule has 1 aliphatic heterocycles. The summed E-state index contributed by atoms with van der Waals surface area (Å²) in [6.07, 6.45) is 5.57. The lowest BCUT2D eigenvalue weighted by Crippen LogP contribution is -2.16. The van der Waals surface area contributed by atoms with E-state index in [9.17, 15) is 13.8 Å². The number of methoxy groups -OCH3 is 1. The van der Waals surface area contributed by atoms with Gasteiger partial charge in [-0.2, -0.15) is 9.46 Å². The minimum Gasteiger partial charge on any atom is -0.494 e. The summed E-state index contributed by atoms with van der Waals surface area (Å²) in [5.41, 5.74) is 0.410. The molecule has 0 spiro atoms. The first-order chi connectivity index (χ1) is 14.3. The van der Waals surface area contributed by atoms with Crippen molar-refractivity contribution < 1.29 is 23.3 Å². The smallest absolute Gasteiger partial charge is 0.373 e. The molecular weight excluding hydrogens is 450 g/mol. The number of ketones is 1. The molecule has 2 heterocycles. The summed E-state index contributed by atoms with van der Waals surface area (Å²) in [6, 6.07) is 3.07. The molecule has 0 saturated carbocycles. The highest BCUT2D eigenvalue weighted by atomic mass is 35.5. The second kappa shape index (κ2) is 9.40. The standard InChI is InChI=1S/C19H22ClN3O5S2/c1-23-18(28-19(25)29-3)13(11-21-23)17(24)12-7-8-14(27-2)16(15(12)20)22-30(26)9-5-4-6-10-30/h7-8,11H,4-6,9-10H2,1-3H3. The molecule has 0 bridgehead atoms. The number of benzene rings is 1. The van der Waals surface area contributed by atoms with Crippen molar-refractivity contribution in [2.24, 2.45) is 11.4 Å². The monoisotopic (exact) mass is 471 g/mol. The molecule has 1 fully saturated rings. The van der Waals surface area contributed by atoms with E-state index in [1.807, 2.05) is 0 Å². The number of thioether (sulfide) groups is 1. The van der Waals surface area contributed by atoms with E-state index >= 15 is 0 Å². The van der Waals surface area contributed by atoms with Crippen LogP contribution in [0.5, 0.6) is 11.6 Å². The van der Waals surface area contributed by atoms with Gasteiger partial charge in [0.25, 0.3) is 0 Å². The Morgan fingerprint density at radius 2 is 1.93 bits per heavy atom. The molecule has 0 aliphatic carbocycles. The number of aromatic nitrogens is 2. The summed E-state index contributed by atoms with van der Waals surface area (Å²) >= 11 is 7.43. The first kappa shape index (κ1) is 22.6. The van der Waals surface area contributed by atoms with Gasteiger partial charge in [0.05, 0.1) is 28.1 Å². The molecule has 1 saturated heterocycles. The summed E-state index contributed by atoms with van der Waals surface area (Å²) in [6.45, 7) is 0. The maximum Gasteiger partial charge on any atom is 0.373 e. The topological polar surface area (TPSA) is 99.8 Å². The fraction of sp³-hybridized carbons (Fsp3) is 0.421. The van der Waals surface area contributed by atoms with Crippen molar-refractivity contribution in [2.75, 3.05) is 24.9 Å². The third-order valence-corrected chi connectivity index (χ3v) is 7.87. The Labute approximate surface area is 184 Å². The third kappa shape index (κ3) is 4.65. The van der Waals surface area contributed by atoms with Crippen LogP contribution < -0.4 is 9.47 Å². The highest BCUT2D eigenvalue weighted by Gasteiger charge is 2.26. The van der Waals surface area contributed by atoms with Crippen LogP contribution in [0.3, 0.4) is 0 Å². The van der Waals surface area contributed by atoms with Gasteiger partial charge in [-0.15, -0.1) is 0 Å². The van der Waals surface area contributed by atoms with Crippen LogP contribution in [0.4, 0.5) is 10.5 Å². The van der Waals surface area contributed by atoms with Gasteiger partial charge in [-0.3, -0.25) is 4.79 Å². The Morgan fingerprint density at radius 1 is 1.23 bits per heavy atom. The van der Waals surface area contributed by atoms with Gasteiger partial charge >= 0.3 is 5.30 Å². The van der Waals surface area contributed by atoms with E-state index in [4.69, 9.17) is 21.1 Å². The van der Waals surface area contributed by atoms with E-state index < -0.39 is 20.8 Å². The van der Waals surface area contributed by atoms with Crippen LogP contribution in [-0.2, 0) is 16.8 Å². The molecule has 0 atom stereocenters. The van der Waals surface area contributed by atoms with Crippen molar-refractivity contribution in [1.29, 1.82) is 0 Å². The van der Waals surface area contributed by atoms with E-state index in [0.29, 0.717) is 17.3 Å². The Hall–Kier alpha value is -2.04. The maximum atomic E-state index is 13.2. The maximum absolute atomic E-state index is 13.2. The van der Waals surface area contributed by atoms with Gasteiger partial charge in [0, 0.05) is 24.1 Å². The fourth-order valence-corrected chi connectivity index (χ4v) is 5.84. The van der Waals surface area contributed by atoms with Crippen molar-refractivity contribution >= 4 is 49.9 Å². The first-order valence-corrected chi connectivity index (χ1v) is 12.7. The highest BCUT2D eigenvalue weighted by molar-refractivity contribution is 8.12. The third-order valence-electron chi connectivity index (χ3n) is 4.70. The summed E-state index contributed by atoms with van der Waals surface area (Å²) in [4.78, 5) is 24.9. The molecule has 0 unspecified atom stereocenters. The van der Waals surface area contributed by atoms with Gasteiger partial charge in [-0.25, -0.2) is 13.7 Å². The Morgan fingerprint density at radius 3 is 2.57 bits per heavy atom. The van der Waals surface area contributed by atoms with Crippen molar-refractivity contribution in [2.45, 2.75) is 19.3 Å². The Balaban J connectivity index is 2.08. The fourth-order valence-electron chi connectivity index (χ4n) is 3.13. The quantitative estimate of drug-likeness (QED) is 0.468. The molecule has 0 N–H and O–H groups in total. The van der Waals surface area contributed by atoms with E-state index in [1.165, 1.54) is 24.1 Å². The highest BCUT2D eigenvalue weighted by Crippen LogP contribution is 2.40. The van der Waals surface area contributed by atoms with Gasteiger partial charge in [-0.1, -0.05) is 18.0 Å². The molecule has 11 heteroatoms. The van der Waals surface area contributed by atoms with E-state index in [2.05, 4.69) is 9.46 Å². The van der Waals surface area contributed by atoms with Gasteiger partial charge in [-0.05, 0) is 43.0 Å². The molecule has 0 radical (unpaired) electrons. The summed E-state index contributed by atoms with van der Waals surface area (Å²) in [5.74, 6) is 0.840. The second-order valence-electron chi connectivity index (χ2n) is 6.68. The molecule has 3 rings (SSSR count). The van der Waals surface area contributed by atoms with Crippen LogP contribution in [0.2, 0.25) is 5.02 Å². The number of carbonyl (C=O) groups excluding carboxylic acids is 2. The SMILES string of the molecule is COc1ccc(C(=O)c2cnn(C)c2OC(=O)SC)c(Cl)c1N=S1(=O)CCCCC1. The Kier molecular flexibility index (Phi) is 7.10. The lowest BCUT2D eigenvalue weighted by atomic mass is 10.0. The average Bonchev–Trinajstić information content (AvgIpc) is 3.09. The average molecular weight is 472 g/mol. The number of ether oxygens (including phenoxy) is 2. The Bertz CT molecular complexity index is 1090. The number of rotatable bonds is 5. The van der Waals surface area contributed by atoms with Crippen molar-refractivity contribution in [3.8, 4) is 11.6 Å². The van der Waals surface area contributed by atoms with E-state index in [-0.39, 0.29) is 27.7 Å². The zero-order chi connectivity index (χ0) is 21.9. The number of hydrogen-bond acceptors (Lipinski definition) is 8. The summed E-state index contributed by atoms with van der Waals surface area (Å²) in [5, 5.41) is 3.48. The molecule has 0 amide bonds. The molecule has 8 nitrogen and oxygen atoms in total. The van der Waals surface area contributed by atoms with Gasteiger partial charge < -0.3 is 9.47 Å². The first-order valence-electron chi connectivity index (χ1n) is 9.21. The van der Waals surface area contributed by atoms with E-state index in [0.717, 1.165) is 31.0 Å². The normalized spacial score (nSPS) is 15.5. The van der Waals surface area contributed by atoms with Gasteiger partial charge in [0.15, 0.2) is 0 Å². The van der Waals surface area contributed by atoms with Crippen molar-refractivity contribution in [1.82, 2.24) is 9.78 Å². The summed E-state index contributed by atoms with van der Waals surface area (Å²) < 4.78 is 29.4. The van der Waals surface area contributed by atoms with Crippen LogP contribution in [0.15, 0.2) is 22.7 Å². The van der Waals surface area contributed by atoms with Crippen LogP contribution in [0, 0.1) is 0 Å². The van der Waals surface area contributed by atoms with E-state index in [1.54, 1.807) is 19.4 Å². The zero-order valence-corrected chi connectivity index (χ0v) is 19.2. The minimum atomic E-state index is -2.47. The lowest BCUT2D eigenvalue weighted by molar-refractivity contribution is 0.103. The number of aryl methyl sites for hydroxylation is 1. The molecule has 1 aliphatic rings. The lowest BCUT2D eigenvalue weighted by Gasteiger charge is -2.17. The van der Waals surface area contributed by atoms with Crippen LogP contribution >= 0.6 is 23.4 Å². The number of halogens is 1. The number of nitrogens with zero attached hydrogens (tertiary/aromatic N) is 3. The predicted molar refractivity (Wildman–Crippen MR) is 118 cm³/mol. The van der Waals surface area contributed by atoms with Crippen LogP contribution in [-0.4, -0.2) is 49.9 Å². The zero-order valence-electron chi connectivity index (χ0n) is 16.8. The molecule has 1 aromatic carbocycles. The van der Waals surface area contributed by atoms with Crippen LogP contribution in [0.1, 0.15) is 35.2 Å². The number of hydrogen-bond donors (Lipinski definition) is 0. The molecule has 1 aromatic heterocycles. The van der Waals surface area contributed by atoms with Gasteiger partial charge in [0.1, 0.15) is 17.0 Å². The molecule has 162 valence electrons. The summed E-state index contributed by atoms with van der Waals surface area (Å²) in [7, 11) is 0.550. The van der Waals surface area contributed by atoms with Gasteiger partial charge in [0.2, 0.25) is 11.7 Å². The predicted octanol–water partition coefficient (Wildman–Crippen LogP) is 4.46. The van der Waals surface area contributed by atoms with Crippen molar-refractivity contribution in [3.05, 3.63) is 34.5 Å².